The maximum absolute atomic E-state index is 10.6. The van der Waals surface area contributed by atoms with Crippen LogP contribution in [0.4, 0.5) is 0 Å². The SMILES string of the molecule is COc1ccc(C(O)C2CCOC3(CCSC3)C2)cc1. The summed E-state index contributed by atoms with van der Waals surface area (Å²) in [6.07, 6.45) is 2.66. The van der Waals surface area contributed by atoms with Crippen molar-refractivity contribution >= 4 is 11.8 Å². The highest BCUT2D eigenvalue weighted by molar-refractivity contribution is 7.99. The highest BCUT2D eigenvalue weighted by Gasteiger charge is 2.42. The molecule has 1 aromatic carbocycles. The van der Waals surface area contributed by atoms with Gasteiger partial charge in [0, 0.05) is 12.4 Å². The van der Waals surface area contributed by atoms with Crippen molar-refractivity contribution in [3.8, 4) is 5.75 Å². The number of aliphatic hydroxyl groups is 1. The first-order valence-electron chi connectivity index (χ1n) is 7.26. The third kappa shape index (κ3) is 2.83. The highest BCUT2D eigenvalue weighted by atomic mass is 32.2. The highest BCUT2D eigenvalue weighted by Crippen LogP contribution is 2.44. The molecule has 0 amide bonds. The lowest BCUT2D eigenvalue weighted by molar-refractivity contribution is -0.102. The van der Waals surface area contributed by atoms with Gasteiger partial charge in [0.15, 0.2) is 0 Å². The summed E-state index contributed by atoms with van der Waals surface area (Å²) in [5.41, 5.74) is 1.01. The van der Waals surface area contributed by atoms with Crippen LogP contribution in [-0.2, 0) is 4.74 Å². The Morgan fingerprint density at radius 1 is 1.40 bits per heavy atom. The predicted molar refractivity (Wildman–Crippen MR) is 81.3 cm³/mol. The second kappa shape index (κ2) is 5.96. The molecule has 0 aliphatic carbocycles. The van der Waals surface area contributed by atoms with Crippen LogP contribution < -0.4 is 4.74 Å². The monoisotopic (exact) mass is 294 g/mol. The lowest BCUT2D eigenvalue weighted by Crippen LogP contribution is -2.41. The van der Waals surface area contributed by atoms with E-state index in [1.807, 2.05) is 36.0 Å². The first kappa shape index (κ1) is 14.2. The van der Waals surface area contributed by atoms with Crippen LogP contribution in [0, 0.1) is 5.92 Å². The summed E-state index contributed by atoms with van der Waals surface area (Å²) < 4.78 is 11.2. The molecule has 1 spiro atoms. The van der Waals surface area contributed by atoms with Crippen molar-refractivity contribution in [1.82, 2.24) is 0 Å². The summed E-state index contributed by atoms with van der Waals surface area (Å²) in [5, 5.41) is 10.6. The standard InChI is InChI=1S/C16H22O3S/c1-18-14-4-2-12(3-5-14)15(17)13-6-8-19-16(10-13)7-9-20-11-16/h2-5,13,15,17H,6-11H2,1H3. The van der Waals surface area contributed by atoms with Gasteiger partial charge >= 0.3 is 0 Å². The van der Waals surface area contributed by atoms with Gasteiger partial charge in [-0.15, -0.1) is 0 Å². The molecule has 4 heteroatoms. The summed E-state index contributed by atoms with van der Waals surface area (Å²) in [4.78, 5) is 0. The zero-order chi connectivity index (χ0) is 14.0. The lowest BCUT2D eigenvalue weighted by atomic mass is 9.80. The minimum atomic E-state index is -0.396. The normalized spacial score (nSPS) is 31.4. The third-order valence-corrected chi connectivity index (χ3v) is 5.73. The summed E-state index contributed by atoms with van der Waals surface area (Å²) in [6, 6.07) is 7.77. The van der Waals surface area contributed by atoms with Crippen molar-refractivity contribution < 1.29 is 14.6 Å². The van der Waals surface area contributed by atoms with E-state index >= 15 is 0 Å². The molecule has 3 rings (SSSR count). The van der Waals surface area contributed by atoms with Gasteiger partial charge in [-0.05, 0) is 48.6 Å². The van der Waals surface area contributed by atoms with Gasteiger partial charge in [0.05, 0.1) is 18.8 Å². The minimum Gasteiger partial charge on any atom is -0.497 e. The van der Waals surface area contributed by atoms with E-state index in [0.29, 0.717) is 5.92 Å². The van der Waals surface area contributed by atoms with Gasteiger partial charge in [0.1, 0.15) is 5.75 Å². The van der Waals surface area contributed by atoms with Crippen molar-refractivity contribution in [3.63, 3.8) is 0 Å². The van der Waals surface area contributed by atoms with Crippen LogP contribution in [-0.4, -0.2) is 35.9 Å². The number of methoxy groups -OCH3 is 1. The van der Waals surface area contributed by atoms with Crippen molar-refractivity contribution in [2.75, 3.05) is 25.2 Å². The van der Waals surface area contributed by atoms with Crippen LogP contribution in [0.1, 0.15) is 30.9 Å². The minimum absolute atomic E-state index is 0.0288. The van der Waals surface area contributed by atoms with E-state index in [0.717, 1.165) is 42.9 Å². The van der Waals surface area contributed by atoms with Crippen LogP contribution in [0.15, 0.2) is 24.3 Å². The van der Waals surface area contributed by atoms with E-state index in [1.165, 1.54) is 5.75 Å². The summed E-state index contributed by atoms with van der Waals surface area (Å²) in [6.45, 7) is 0.776. The second-order valence-electron chi connectivity index (χ2n) is 5.80. The van der Waals surface area contributed by atoms with Crippen molar-refractivity contribution in [2.24, 2.45) is 5.92 Å². The Morgan fingerprint density at radius 2 is 2.20 bits per heavy atom. The first-order chi connectivity index (χ1) is 9.72. The quantitative estimate of drug-likeness (QED) is 0.930. The fourth-order valence-electron chi connectivity index (χ4n) is 3.27. The zero-order valence-electron chi connectivity index (χ0n) is 11.9. The summed E-state index contributed by atoms with van der Waals surface area (Å²) >= 11 is 1.97. The van der Waals surface area contributed by atoms with Crippen LogP contribution in [0.3, 0.4) is 0 Å². The van der Waals surface area contributed by atoms with E-state index in [-0.39, 0.29) is 5.60 Å². The molecule has 0 bridgehead atoms. The van der Waals surface area contributed by atoms with Crippen LogP contribution in [0.5, 0.6) is 5.75 Å². The van der Waals surface area contributed by atoms with Crippen LogP contribution in [0.2, 0.25) is 0 Å². The summed E-state index contributed by atoms with van der Waals surface area (Å²) in [5.74, 6) is 3.40. The number of ether oxygens (including phenoxy) is 2. The Kier molecular flexibility index (Phi) is 4.24. The van der Waals surface area contributed by atoms with Crippen molar-refractivity contribution in [3.05, 3.63) is 29.8 Å². The van der Waals surface area contributed by atoms with Gasteiger partial charge in [-0.25, -0.2) is 0 Å². The van der Waals surface area contributed by atoms with Gasteiger partial charge in [0.25, 0.3) is 0 Å². The van der Waals surface area contributed by atoms with E-state index in [4.69, 9.17) is 9.47 Å². The fourth-order valence-corrected chi connectivity index (χ4v) is 4.65. The number of aliphatic hydroxyl groups excluding tert-OH is 1. The van der Waals surface area contributed by atoms with Gasteiger partial charge in [-0.3, -0.25) is 0 Å². The van der Waals surface area contributed by atoms with Gasteiger partial charge in [-0.2, -0.15) is 11.8 Å². The molecule has 2 fully saturated rings. The molecule has 2 heterocycles. The molecule has 110 valence electrons. The molecule has 3 unspecified atom stereocenters. The first-order valence-corrected chi connectivity index (χ1v) is 8.42. The molecule has 0 aromatic heterocycles. The largest absolute Gasteiger partial charge is 0.497 e. The molecule has 2 aliphatic rings. The Labute approximate surface area is 124 Å². The Bertz CT molecular complexity index is 440. The summed E-state index contributed by atoms with van der Waals surface area (Å²) in [7, 11) is 1.66. The van der Waals surface area contributed by atoms with Gasteiger partial charge in [-0.1, -0.05) is 12.1 Å². The molecule has 20 heavy (non-hydrogen) atoms. The van der Waals surface area contributed by atoms with Crippen molar-refractivity contribution in [2.45, 2.75) is 31.0 Å². The zero-order valence-corrected chi connectivity index (χ0v) is 12.7. The number of thioether (sulfide) groups is 1. The van der Waals surface area contributed by atoms with Crippen LogP contribution >= 0.6 is 11.8 Å². The molecular weight excluding hydrogens is 272 g/mol. The third-order valence-electron chi connectivity index (χ3n) is 4.50. The van der Waals surface area contributed by atoms with E-state index in [1.54, 1.807) is 7.11 Å². The molecule has 1 aromatic rings. The van der Waals surface area contributed by atoms with E-state index in [9.17, 15) is 5.11 Å². The Hall–Kier alpha value is -0.710. The van der Waals surface area contributed by atoms with Gasteiger partial charge in [0.2, 0.25) is 0 Å². The Balaban J connectivity index is 1.70. The van der Waals surface area contributed by atoms with Crippen molar-refractivity contribution in [1.29, 1.82) is 0 Å². The average Bonchev–Trinajstić information content (AvgIpc) is 2.94. The average molecular weight is 294 g/mol. The molecule has 1 N–H and O–H groups in total. The Morgan fingerprint density at radius 3 is 2.85 bits per heavy atom. The molecular formula is C16H22O3S. The van der Waals surface area contributed by atoms with E-state index in [2.05, 4.69) is 0 Å². The smallest absolute Gasteiger partial charge is 0.118 e. The fraction of sp³-hybridized carbons (Fsp3) is 0.625. The molecule has 0 radical (unpaired) electrons. The predicted octanol–water partition coefficient (Wildman–Crippen LogP) is 3.03. The maximum Gasteiger partial charge on any atom is 0.118 e. The number of hydrogen-bond acceptors (Lipinski definition) is 4. The molecule has 2 saturated heterocycles. The van der Waals surface area contributed by atoms with Crippen LogP contribution in [0.25, 0.3) is 0 Å². The number of rotatable bonds is 3. The lowest BCUT2D eigenvalue weighted by Gasteiger charge is -2.39. The van der Waals surface area contributed by atoms with Gasteiger partial charge < -0.3 is 14.6 Å². The molecule has 3 nitrogen and oxygen atoms in total. The second-order valence-corrected chi connectivity index (χ2v) is 6.91. The number of benzene rings is 1. The van der Waals surface area contributed by atoms with E-state index < -0.39 is 6.10 Å². The molecule has 0 saturated carbocycles. The molecule has 3 atom stereocenters. The molecule has 2 aliphatic heterocycles. The maximum atomic E-state index is 10.6. The topological polar surface area (TPSA) is 38.7 Å². The number of hydrogen-bond donors (Lipinski definition) is 1.